The van der Waals surface area contributed by atoms with Gasteiger partial charge in [0.2, 0.25) is 12.6 Å². The van der Waals surface area contributed by atoms with Gasteiger partial charge in [-0.3, -0.25) is 14.4 Å². The Morgan fingerprint density at radius 3 is 2.74 bits per heavy atom. The first-order chi connectivity index (χ1) is 13.1. The molecule has 3 atom stereocenters. The molecule has 0 spiro atoms. The van der Waals surface area contributed by atoms with E-state index >= 15 is 0 Å². The molecule has 1 fully saturated rings. The van der Waals surface area contributed by atoms with Gasteiger partial charge in [-0.25, -0.2) is 0 Å². The number of cyclic esters (lactones) is 1. The molecule has 2 aromatic rings. The second-order valence-electron chi connectivity index (χ2n) is 6.07. The number of ketones is 1. The SMILES string of the molecule is CCOC(=O)[C@@H]1C(=O)O[C@@H](c2ccc3c(c2)OCO3)[C@H]1C(=O)c1ccco1. The number of esters is 2. The van der Waals surface area contributed by atoms with Crippen molar-refractivity contribution in [1.82, 2.24) is 0 Å². The van der Waals surface area contributed by atoms with Crippen LogP contribution in [0.4, 0.5) is 0 Å². The molecule has 1 aromatic carbocycles. The Labute approximate surface area is 153 Å². The highest BCUT2D eigenvalue weighted by molar-refractivity contribution is 6.07. The van der Waals surface area contributed by atoms with Gasteiger partial charge < -0.3 is 23.4 Å². The van der Waals surface area contributed by atoms with Crippen LogP contribution < -0.4 is 9.47 Å². The van der Waals surface area contributed by atoms with Crippen LogP contribution in [0.2, 0.25) is 0 Å². The molecule has 4 rings (SSSR count). The van der Waals surface area contributed by atoms with E-state index in [9.17, 15) is 14.4 Å². The molecule has 1 saturated heterocycles. The lowest BCUT2D eigenvalue weighted by molar-refractivity contribution is -0.156. The van der Waals surface area contributed by atoms with Crippen molar-refractivity contribution >= 4 is 17.7 Å². The number of carbonyl (C=O) groups is 3. The summed E-state index contributed by atoms with van der Waals surface area (Å²) < 4.78 is 26.2. The molecule has 140 valence electrons. The van der Waals surface area contributed by atoms with Crippen molar-refractivity contribution in [2.45, 2.75) is 13.0 Å². The zero-order chi connectivity index (χ0) is 19.0. The average Bonchev–Trinajstić information content (AvgIpc) is 3.40. The molecule has 0 aliphatic carbocycles. The third kappa shape index (κ3) is 2.92. The topological polar surface area (TPSA) is 101 Å². The first-order valence-electron chi connectivity index (χ1n) is 8.44. The molecule has 2 aliphatic rings. The Kier molecular flexibility index (Phi) is 4.31. The molecule has 0 amide bonds. The average molecular weight is 372 g/mol. The summed E-state index contributed by atoms with van der Waals surface area (Å²) in [7, 11) is 0. The summed E-state index contributed by atoms with van der Waals surface area (Å²) in [5.41, 5.74) is 0.518. The van der Waals surface area contributed by atoms with Crippen molar-refractivity contribution in [2.24, 2.45) is 11.8 Å². The number of fused-ring (bicyclic) bond motifs is 1. The number of carbonyl (C=O) groups excluding carboxylic acids is 3. The van der Waals surface area contributed by atoms with E-state index in [0.29, 0.717) is 17.1 Å². The minimum Gasteiger partial charge on any atom is -0.465 e. The zero-order valence-corrected chi connectivity index (χ0v) is 14.4. The van der Waals surface area contributed by atoms with E-state index in [-0.39, 0.29) is 19.2 Å². The second kappa shape index (κ2) is 6.79. The second-order valence-corrected chi connectivity index (χ2v) is 6.07. The van der Waals surface area contributed by atoms with Crippen molar-refractivity contribution in [2.75, 3.05) is 13.4 Å². The molecule has 8 nitrogen and oxygen atoms in total. The molecule has 0 bridgehead atoms. The predicted molar refractivity (Wildman–Crippen MR) is 88.0 cm³/mol. The quantitative estimate of drug-likeness (QED) is 0.448. The van der Waals surface area contributed by atoms with Crippen LogP contribution >= 0.6 is 0 Å². The summed E-state index contributed by atoms with van der Waals surface area (Å²) in [5, 5.41) is 0. The molecule has 1 aromatic heterocycles. The van der Waals surface area contributed by atoms with Gasteiger partial charge >= 0.3 is 11.9 Å². The summed E-state index contributed by atoms with van der Waals surface area (Å²) >= 11 is 0. The van der Waals surface area contributed by atoms with Crippen molar-refractivity contribution in [3.63, 3.8) is 0 Å². The van der Waals surface area contributed by atoms with Crippen LogP contribution in [0.3, 0.4) is 0 Å². The number of furan rings is 1. The lowest BCUT2D eigenvalue weighted by Crippen LogP contribution is -2.33. The molecule has 0 N–H and O–H groups in total. The maximum atomic E-state index is 13.0. The lowest BCUT2D eigenvalue weighted by Gasteiger charge is -2.18. The van der Waals surface area contributed by atoms with Crippen LogP contribution in [0.5, 0.6) is 11.5 Å². The van der Waals surface area contributed by atoms with Crippen LogP contribution in [0.25, 0.3) is 0 Å². The minimum atomic E-state index is -1.36. The molecule has 27 heavy (non-hydrogen) atoms. The van der Waals surface area contributed by atoms with E-state index in [2.05, 4.69) is 0 Å². The van der Waals surface area contributed by atoms with Gasteiger partial charge in [0.15, 0.2) is 23.2 Å². The van der Waals surface area contributed by atoms with Gasteiger partial charge in [0.05, 0.1) is 18.8 Å². The fourth-order valence-corrected chi connectivity index (χ4v) is 3.31. The predicted octanol–water partition coefficient (Wildman–Crippen LogP) is 2.28. The van der Waals surface area contributed by atoms with E-state index in [4.69, 9.17) is 23.4 Å². The van der Waals surface area contributed by atoms with Crippen molar-refractivity contribution in [3.8, 4) is 11.5 Å². The van der Waals surface area contributed by atoms with Crippen LogP contribution in [0, 0.1) is 11.8 Å². The van der Waals surface area contributed by atoms with Crippen molar-refractivity contribution in [1.29, 1.82) is 0 Å². The minimum absolute atomic E-state index is 0.0401. The summed E-state index contributed by atoms with van der Waals surface area (Å²) in [6, 6.07) is 8.00. The van der Waals surface area contributed by atoms with Crippen LogP contribution in [0.1, 0.15) is 29.1 Å². The van der Waals surface area contributed by atoms with E-state index < -0.39 is 35.7 Å². The van der Waals surface area contributed by atoms with E-state index in [0.717, 1.165) is 0 Å². The fourth-order valence-electron chi connectivity index (χ4n) is 3.31. The summed E-state index contributed by atoms with van der Waals surface area (Å²) in [5.74, 6) is -3.51. The van der Waals surface area contributed by atoms with Crippen LogP contribution in [-0.2, 0) is 19.1 Å². The Hall–Kier alpha value is -3.29. The highest BCUT2D eigenvalue weighted by Crippen LogP contribution is 2.44. The number of benzene rings is 1. The monoisotopic (exact) mass is 372 g/mol. The van der Waals surface area contributed by atoms with E-state index in [1.54, 1.807) is 31.2 Å². The standard InChI is InChI=1S/C19H16O8/c1-2-23-18(21)15-14(16(20)12-4-3-7-24-12)17(27-19(15)22)10-5-6-11-13(8-10)26-9-25-11/h3-8,14-15,17H,2,9H2,1H3/t14-,15-,17+/m1/s1. The molecule has 0 unspecified atom stereocenters. The molecule has 3 heterocycles. The van der Waals surface area contributed by atoms with E-state index in [1.807, 2.05) is 0 Å². The highest BCUT2D eigenvalue weighted by Gasteiger charge is 2.54. The molecule has 2 aliphatic heterocycles. The van der Waals surface area contributed by atoms with Gasteiger partial charge in [-0.05, 0) is 36.8 Å². The smallest absolute Gasteiger partial charge is 0.321 e. The molecule has 0 saturated carbocycles. The summed E-state index contributed by atoms with van der Waals surface area (Å²) in [6.45, 7) is 1.79. The first kappa shape index (κ1) is 17.1. The number of rotatable bonds is 5. The fraction of sp³-hybridized carbons (Fsp3) is 0.316. The lowest BCUT2D eigenvalue weighted by atomic mass is 9.83. The number of hydrogen-bond acceptors (Lipinski definition) is 8. The van der Waals surface area contributed by atoms with Crippen molar-refractivity contribution in [3.05, 3.63) is 47.9 Å². The molecule has 0 radical (unpaired) electrons. The largest absolute Gasteiger partial charge is 0.465 e. The number of ether oxygens (including phenoxy) is 4. The Morgan fingerprint density at radius 1 is 1.19 bits per heavy atom. The van der Waals surface area contributed by atoms with Gasteiger partial charge in [-0.15, -0.1) is 0 Å². The number of Topliss-reactive ketones (excluding diaryl/α,β-unsaturated/α-hetero) is 1. The zero-order valence-electron chi connectivity index (χ0n) is 14.4. The maximum Gasteiger partial charge on any atom is 0.321 e. The normalized spacial score (nSPS) is 23.1. The number of hydrogen-bond donors (Lipinski definition) is 0. The van der Waals surface area contributed by atoms with Crippen LogP contribution in [-0.4, -0.2) is 31.1 Å². The molecular formula is C19H16O8. The summed E-state index contributed by atoms with van der Waals surface area (Å²) in [4.78, 5) is 37.8. The third-order valence-electron chi connectivity index (χ3n) is 4.51. The maximum absolute atomic E-state index is 13.0. The van der Waals surface area contributed by atoms with Gasteiger partial charge in [0.25, 0.3) is 0 Å². The Morgan fingerprint density at radius 2 is 2.00 bits per heavy atom. The van der Waals surface area contributed by atoms with Gasteiger partial charge in [-0.1, -0.05) is 6.07 Å². The van der Waals surface area contributed by atoms with Gasteiger partial charge in [-0.2, -0.15) is 0 Å². The van der Waals surface area contributed by atoms with Gasteiger partial charge in [0, 0.05) is 0 Å². The van der Waals surface area contributed by atoms with E-state index in [1.165, 1.54) is 12.3 Å². The van der Waals surface area contributed by atoms with Crippen LogP contribution in [0.15, 0.2) is 41.0 Å². The first-order valence-corrected chi connectivity index (χ1v) is 8.44. The highest BCUT2D eigenvalue weighted by atomic mass is 16.7. The third-order valence-corrected chi connectivity index (χ3v) is 4.51. The summed E-state index contributed by atoms with van der Waals surface area (Å²) in [6.07, 6.45) is 0.374. The van der Waals surface area contributed by atoms with Crippen molar-refractivity contribution < 1.29 is 37.7 Å². The molecule has 8 heteroatoms. The molecular weight excluding hydrogens is 356 g/mol. The Bertz CT molecular complexity index is 885. The Balaban J connectivity index is 1.74. The van der Waals surface area contributed by atoms with Gasteiger partial charge in [0.1, 0.15) is 6.10 Å².